The van der Waals surface area contributed by atoms with Crippen LogP contribution in [0.15, 0.2) is 47.5 Å². The highest BCUT2D eigenvalue weighted by atomic mass is 35.5. The lowest BCUT2D eigenvalue weighted by atomic mass is 10.2. The highest BCUT2D eigenvalue weighted by Crippen LogP contribution is 2.21. The monoisotopic (exact) mass is 454 g/mol. The third kappa shape index (κ3) is 4.84. The number of sulfonamides is 1. The molecule has 0 saturated carbocycles. The van der Waals surface area contributed by atoms with Crippen LogP contribution in [0.1, 0.15) is 18.7 Å². The average molecular weight is 455 g/mol. The van der Waals surface area contributed by atoms with E-state index in [0.29, 0.717) is 16.4 Å². The normalized spacial score (nSPS) is 12.4. The molecule has 0 aliphatic heterocycles. The molecule has 0 aliphatic rings. The Hall–Kier alpha value is -2.69. The molecule has 1 amide bonds. The minimum absolute atomic E-state index is 0.00463. The minimum atomic E-state index is -3.87. The largest absolute Gasteiger partial charge is 0.324 e. The van der Waals surface area contributed by atoms with Crippen LogP contribution < -0.4 is 10.0 Å². The van der Waals surface area contributed by atoms with Crippen LogP contribution in [0.5, 0.6) is 0 Å². The number of halogens is 2. The van der Waals surface area contributed by atoms with E-state index < -0.39 is 16.1 Å². The van der Waals surface area contributed by atoms with Crippen molar-refractivity contribution in [2.45, 2.75) is 24.8 Å². The summed E-state index contributed by atoms with van der Waals surface area (Å²) in [5, 5.41) is 14.7. The van der Waals surface area contributed by atoms with Crippen LogP contribution in [-0.4, -0.2) is 34.3 Å². The lowest BCUT2D eigenvalue weighted by Crippen LogP contribution is -2.25. The molecule has 0 saturated heterocycles. The number of hydrogen-bond acceptors (Lipinski definition) is 6. The molecule has 2 aromatic heterocycles. The third-order valence-electron chi connectivity index (χ3n) is 4.03. The number of hydrogen-bond donors (Lipinski definition) is 2. The maximum absolute atomic E-state index is 12.5. The van der Waals surface area contributed by atoms with E-state index in [1.54, 1.807) is 13.8 Å². The Balaban J connectivity index is 1.70. The molecule has 1 aromatic carbocycles. The molecule has 0 bridgehead atoms. The number of carbonyl (C=O) groups excluding carboxylic acids is 1. The maximum atomic E-state index is 12.5. The molecule has 0 aliphatic carbocycles. The molecule has 152 valence electrons. The molecule has 1 unspecified atom stereocenters. The number of rotatable bonds is 6. The van der Waals surface area contributed by atoms with Gasteiger partial charge in [0, 0.05) is 5.69 Å². The van der Waals surface area contributed by atoms with Crippen molar-refractivity contribution in [3.8, 4) is 0 Å². The summed E-state index contributed by atoms with van der Waals surface area (Å²) < 4.78 is 28.7. The van der Waals surface area contributed by atoms with Gasteiger partial charge in [0.15, 0.2) is 11.0 Å². The maximum Gasteiger partial charge on any atom is 0.263 e. The predicted octanol–water partition coefficient (Wildman–Crippen LogP) is 3.29. The van der Waals surface area contributed by atoms with Crippen molar-refractivity contribution in [2.75, 3.05) is 10.0 Å². The van der Waals surface area contributed by atoms with Gasteiger partial charge in [-0.25, -0.2) is 8.42 Å². The third-order valence-corrected chi connectivity index (χ3v) is 5.98. The first kappa shape index (κ1) is 21.0. The van der Waals surface area contributed by atoms with Gasteiger partial charge in [-0.15, -0.1) is 10.2 Å². The molecule has 9 nitrogen and oxygen atoms in total. The van der Waals surface area contributed by atoms with Crippen molar-refractivity contribution in [3.63, 3.8) is 0 Å². The number of amides is 1. The van der Waals surface area contributed by atoms with Crippen molar-refractivity contribution < 1.29 is 13.2 Å². The van der Waals surface area contributed by atoms with E-state index in [2.05, 4.69) is 25.3 Å². The number of nitrogens with zero attached hydrogens (tertiary/aromatic N) is 4. The number of nitrogens with one attached hydrogen (secondary N) is 2. The van der Waals surface area contributed by atoms with Crippen molar-refractivity contribution in [1.82, 2.24) is 20.0 Å². The summed E-state index contributed by atoms with van der Waals surface area (Å²) in [6.45, 7) is 3.44. The Kier molecular flexibility index (Phi) is 6.06. The molecule has 2 N–H and O–H groups in total. The highest BCUT2D eigenvalue weighted by molar-refractivity contribution is 7.92. The van der Waals surface area contributed by atoms with Gasteiger partial charge in [0.25, 0.3) is 10.0 Å². The van der Waals surface area contributed by atoms with E-state index in [1.807, 2.05) is 0 Å². The van der Waals surface area contributed by atoms with Crippen LogP contribution in [-0.2, 0) is 14.8 Å². The van der Waals surface area contributed by atoms with Crippen molar-refractivity contribution in [2.24, 2.45) is 0 Å². The zero-order valence-corrected chi connectivity index (χ0v) is 17.6. The van der Waals surface area contributed by atoms with E-state index >= 15 is 0 Å². The highest BCUT2D eigenvalue weighted by Gasteiger charge is 2.20. The summed E-state index contributed by atoms with van der Waals surface area (Å²) in [7, 11) is -3.87. The summed E-state index contributed by atoms with van der Waals surface area (Å²) in [5.41, 5.74) is 1.11. The number of anilines is 2. The average Bonchev–Trinajstić information content (AvgIpc) is 3.02. The zero-order chi connectivity index (χ0) is 21.2. The molecule has 3 aromatic rings. The fraction of sp³-hybridized carbons (Fsp3) is 0.176. The summed E-state index contributed by atoms with van der Waals surface area (Å²) in [5.74, 6) is -0.285. The van der Waals surface area contributed by atoms with E-state index in [1.165, 1.54) is 47.3 Å². The van der Waals surface area contributed by atoms with Gasteiger partial charge >= 0.3 is 0 Å². The first-order valence-electron chi connectivity index (χ1n) is 8.30. The van der Waals surface area contributed by atoms with Crippen LogP contribution >= 0.6 is 23.2 Å². The second kappa shape index (κ2) is 8.36. The van der Waals surface area contributed by atoms with Gasteiger partial charge in [0.2, 0.25) is 5.91 Å². The van der Waals surface area contributed by atoms with Crippen LogP contribution in [0.2, 0.25) is 10.2 Å². The molecule has 0 radical (unpaired) electrons. The van der Waals surface area contributed by atoms with Gasteiger partial charge in [-0.05, 0) is 50.2 Å². The van der Waals surface area contributed by atoms with E-state index in [9.17, 15) is 13.2 Å². The van der Waals surface area contributed by atoms with Crippen LogP contribution in [0.3, 0.4) is 0 Å². The lowest BCUT2D eigenvalue weighted by Gasteiger charge is -2.15. The second-order valence-corrected chi connectivity index (χ2v) is 8.54. The summed E-state index contributed by atoms with van der Waals surface area (Å²) in [4.78, 5) is 12.4. The zero-order valence-electron chi connectivity index (χ0n) is 15.3. The fourth-order valence-corrected chi connectivity index (χ4v) is 3.66. The van der Waals surface area contributed by atoms with Gasteiger partial charge in [-0.2, -0.15) is 5.10 Å². The van der Waals surface area contributed by atoms with Crippen molar-refractivity contribution in [1.29, 1.82) is 0 Å². The molecule has 2 heterocycles. The van der Waals surface area contributed by atoms with E-state index in [-0.39, 0.29) is 21.8 Å². The molecular weight excluding hydrogens is 439 g/mol. The van der Waals surface area contributed by atoms with Gasteiger partial charge < -0.3 is 5.32 Å². The fourth-order valence-electron chi connectivity index (χ4n) is 2.44. The Labute approximate surface area is 177 Å². The predicted molar refractivity (Wildman–Crippen MR) is 110 cm³/mol. The molecular formula is C17H16Cl2N6O3S. The van der Waals surface area contributed by atoms with Crippen LogP contribution in [0.4, 0.5) is 11.5 Å². The Morgan fingerprint density at radius 3 is 2.34 bits per heavy atom. The topological polar surface area (TPSA) is 119 Å². The van der Waals surface area contributed by atoms with Crippen LogP contribution in [0, 0.1) is 6.92 Å². The Bertz CT molecular complexity index is 1130. The van der Waals surface area contributed by atoms with Gasteiger partial charge in [0.1, 0.15) is 6.04 Å². The Morgan fingerprint density at radius 2 is 1.79 bits per heavy atom. The molecule has 0 fully saturated rings. The number of carbonyl (C=O) groups is 1. The summed E-state index contributed by atoms with van der Waals surface area (Å²) in [6, 6.07) is 7.90. The molecule has 12 heteroatoms. The van der Waals surface area contributed by atoms with E-state index in [4.69, 9.17) is 23.2 Å². The SMILES string of the molecule is Cc1c(Cl)cnn1C(C)C(=O)Nc1ccc(S(=O)(=O)Nc2ccc(Cl)nn2)cc1. The quantitative estimate of drug-likeness (QED) is 0.589. The van der Waals surface area contributed by atoms with Gasteiger partial charge in [0.05, 0.1) is 21.8 Å². The molecule has 0 spiro atoms. The number of benzene rings is 1. The smallest absolute Gasteiger partial charge is 0.263 e. The standard InChI is InChI=1S/C17H16Cl2N6O3S/c1-10-14(18)9-20-25(10)11(2)17(26)21-12-3-5-13(6-4-12)29(27,28)24-16-8-7-15(19)22-23-16/h3-9,11H,1-2H3,(H,21,26)(H,23,24). The molecule has 3 rings (SSSR count). The number of aromatic nitrogens is 4. The van der Waals surface area contributed by atoms with Gasteiger partial charge in [-0.1, -0.05) is 23.2 Å². The lowest BCUT2D eigenvalue weighted by molar-refractivity contribution is -0.119. The van der Waals surface area contributed by atoms with Gasteiger partial charge in [-0.3, -0.25) is 14.2 Å². The summed E-state index contributed by atoms with van der Waals surface area (Å²) in [6.07, 6.45) is 1.47. The molecule has 29 heavy (non-hydrogen) atoms. The van der Waals surface area contributed by atoms with Crippen molar-refractivity contribution >= 4 is 50.6 Å². The first-order valence-corrected chi connectivity index (χ1v) is 10.5. The summed E-state index contributed by atoms with van der Waals surface area (Å²) >= 11 is 11.6. The Morgan fingerprint density at radius 1 is 1.10 bits per heavy atom. The minimum Gasteiger partial charge on any atom is -0.324 e. The van der Waals surface area contributed by atoms with Crippen molar-refractivity contribution in [3.05, 3.63) is 58.5 Å². The van der Waals surface area contributed by atoms with E-state index in [0.717, 1.165) is 0 Å². The van der Waals surface area contributed by atoms with Crippen LogP contribution in [0.25, 0.3) is 0 Å². The molecule has 1 atom stereocenters. The second-order valence-electron chi connectivity index (χ2n) is 6.06. The first-order chi connectivity index (χ1) is 13.7.